The minimum Gasteiger partial charge on any atom is -0.352 e. The van der Waals surface area contributed by atoms with Crippen LogP contribution in [0.25, 0.3) is 21.7 Å². The van der Waals surface area contributed by atoms with Gasteiger partial charge in [0.1, 0.15) is 0 Å². The minimum absolute atomic E-state index is 0.104. The number of nitrogens with one attached hydrogen (secondary N) is 2. The molecule has 0 saturated heterocycles. The van der Waals surface area contributed by atoms with Crippen LogP contribution in [0.3, 0.4) is 0 Å². The molecular weight excluding hydrogens is 336 g/mol. The lowest BCUT2D eigenvalue weighted by atomic mass is 10.1. The lowest BCUT2D eigenvalue weighted by Crippen LogP contribution is -2.27. The number of fused-ring (bicyclic) bond motifs is 2. The maximum absolute atomic E-state index is 12.4. The maximum Gasteiger partial charge on any atom is 0.251 e. The molecule has 0 aliphatic heterocycles. The summed E-state index contributed by atoms with van der Waals surface area (Å²) in [5.41, 5.74) is 3.13. The van der Waals surface area contributed by atoms with E-state index in [9.17, 15) is 9.59 Å². The van der Waals surface area contributed by atoms with Crippen molar-refractivity contribution >= 4 is 27.6 Å². The lowest BCUT2D eigenvalue weighted by Gasteiger charge is -2.07. The van der Waals surface area contributed by atoms with Crippen molar-refractivity contribution < 1.29 is 4.79 Å². The van der Waals surface area contributed by atoms with Crippen LogP contribution >= 0.6 is 0 Å². The Morgan fingerprint density at radius 3 is 2.56 bits per heavy atom. The zero-order valence-corrected chi connectivity index (χ0v) is 15.1. The fourth-order valence-corrected chi connectivity index (χ4v) is 3.29. The van der Waals surface area contributed by atoms with E-state index >= 15 is 0 Å². The second kappa shape index (κ2) is 7.08. The molecule has 0 aliphatic rings. The molecule has 2 N–H and O–H groups in total. The average Bonchev–Trinajstić information content (AvgIpc) is 2.68. The monoisotopic (exact) mass is 356 g/mol. The van der Waals surface area contributed by atoms with Crippen LogP contribution in [0.15, 0.2) is 71.5 Å². The Balaban J connectivity index is 1.46. The number of aromatic amines is 1. The number of pyridine rings is 1. The number of hydrogen-bond donors (Lipinski definition) is 2. The molecule has 0 radical (unpaired) electrons. The Bertz CT molecular complexity index is 1210. The van der Waals surface area contributed by atoms with Gasteiger partial charge in [-0.15, -0.1) is 0 Å². The van der Waals surface area contributed by atoms with Crippen LogP contribution in [0, 0.1) is 6.92 Å². The predicted molar refractivity (Wildman–Crippen MR) is 109 cm³/mol. The molecule has 134 valence electrons. The summed E-state index contributed by atoms with van der Waals surface area (Å²) in [6.07, 6.45) is 0.485. The van der Waals surface area contributed by atoms with Gasteiger partial charge in [0.15, 0.2) is 0 Å². The number of rotatable bonds is 4. The van der Waals surface area contributed by atoms with E-state index in [4.69, 9.17) is 0 Å². The summed E-state index contributed by atoms with van der Waals surface area (Å²) in [4.78, 5) is 27.6. The second-order valence-electron chi connectivity index (χ2n) is 6.78. The molecular formula is C23H20N2O2. The van der Waals surface area contributed by atoms with Crippen LogP contribution in [0.2, 0.25) is 0 Å². The van der Waals surface area contributed by atoms with E-state index in [1.54, 1.807) is 0 Å². The van der Waals surface area contributed by atoms with Crippen LogP contribution in [0.4, 0.5) is 0 Å². The molecule has 4 aromatic rings. The number of aromatic nitrogens is 1. The topological polar surface area (TPSA) is 62.0 Å². The summed E-state index contributed by atoms with van der Waals surface area (Å²) in [6.45, 7) is 2.40. The van der Waals surface area contributed by atoms with Crippen LogP contribution < -0.4 is 10.9 Å². The summed E-state index contributed by atoms with van der Waals surface area (Å²) in [7, 11) is 0. The fraction of sp³-hybridized carbons (Fsp3) is 0.130. The number of amides is 1. The molecule has 0 aliphatic carbocycles. The molecule has 1 amide bonds. The van der Waals surface area contributed by atoms with Gasteiger partial charge < -0.3 is 10.3 Å². The molecule has 1 heterocycles. The Morgan fingerprint density at radius 1 is 0.926 bits per heavy atom. The van der Waals surface area contributed by atoms with Gasteiger partial charge >= 0.3 is 0 Å². The smallest absolute Gasteiger partial charge is 0.251 e. The van der Waals surface area contributed by atoms with E-state index in [0.717, 1.165) is 27.2 Å². The van der Waals surface area contributed by atoms with Gasteiger partial charge in [-0.1, -0.05) is 42.5 Å². The first-order valence-electron chi connectivity index (χ1n) is 9.00. The van der Waals surface area contributed by atoms with E-state index in [1.165, 1.54) is 0 Å². The standard InChI is InChI=1S/C23H20N2O2/c1-15-6-7-18-14-20(23(27)25-21(18)12-15)10-11-24-22(26)19-9-8-16-4-2-3-5-17(16)13-19/h2-9,12-14H,10-11H2,1H3,(H,24,26)(H,25,27). The number of benzene rings is 3. The number of H-pyrrole nitrogens is 1. The van der Waals surface area contributed by atoms with Gasteiger partial charge in [-0.2, -0.15) is 0 Å². The quantitative estimate of drug-likeness (QED) is 0.581. The zero-order valence-electron chi connectivity index (χ0n) is 15.1. The number of carbonyl (C=O) groups is 1. The van der Waals surface area contributed by atoms with Crippen molar-refractivity contribution in [3.8, 4) is 0 Å². The Morgan fingerprint density at radius 2 is 1.70 bits per heavy atom. The molecule has 0 fully saturated rings. The van der Waals surface area contributed by atoms with Gasteiger partial charge in [0, 0.05) is 23.2 Å². The van der Waals surface area contributed by atoms with Crippen molar-refractivity contribution in [1.29, 1.82) is 0 Å². The summed E-state index contributed by atoms with van der Waals surface area (Å²) < 4.78 is 0. The van der Waals surface area contributed by atoms with Gasteiger partial charge in [-0.05, 0) is 59.3 Å². The third-order valence-electron chi connectivity index (χ3n) is 4.77. The molecule has 4 rings (SSSR count). The molecule has 0 atom stereocenters. The third kappa shape index (κ3) is 3.60. The summed E-state index contributed by atoms with van der Waals surface area (Å²) >= 11 is 0. The van der Waals surface area contributed by atoms with Crippen molar-refractivity contribution in [2.24, 2.45) is 0 Å². The van der Waals surface area contributed by atoms with Gasteiger partial charge in [0.05, 0.1) is 0 Å². The van der Waals surface area contributed by atoms with Gasteiger partial charge in [0.2, 0.25) is 0 Å². The molecule has 4 nitrogen and oxygen atoms in total. The molecule has 3 aromatic carbocycles. The van der Waals surface area contributed by atoms with Crippen molar-refractivity contribution in [3.05, 3.63) is 93.8 Å². The molecule has 0 bridgehead atoms. The largest absolute Gasteiger partial charge is 0.352 e. The van der Waals surface area contributed by atoms with Crippen molar-refractivity contribution in [3.63, 3.8) is 0 Å². The van der Waals surface area contributed by atoms with Crippen molar-refractivity contribution in [2.45, 2.75) is 13.3 Å². The van der Waals surface area contributed by atoms with E-state index in [0.29, 0.717) is 24.1 Å². The van der Waals surface area contributed by atoms with Crippen molar-refractivity contribution in [1.82, 2.24) is 10.3 Å². The number of hydrogen-bond acceptors (Lipinski definition) is 2. The SMILES string of the molecule is Cc1ccc2cc(CCNC(=O)c3ccc4ccccc4c3)c(=O)[nH]c2c1. The van der Waals surface area contributed by atoms with Crippen LogP contribution in [0.5, 0.6) is 0 Å². The minimum atomic E-state index is -0.131. The third-order valence-corrected chi connectivity index (χ3v) is 4.77. The van der Waals surface area contributed by atoms with E-state index in [-0.39, 0.29) is 11.5 Å². The average molecular weight is 356 g/mol. The normalized spacial score (nSPS) is 11.0. The first kappa shape index (κ1) is 17.0. The summed E-state index contributed by atoms with van der Waals surface area (Å²) in [6, 6.07) is 21.5. The van der Waals surface area contributed by atoms with Crippen LogP contribution in [-0.4, -0.2) is 17.4 Å². The number of carbonyl (C=O) groups excluding carboxylic acids is 1. The molecule has 27 heavy (non-hydrogen) atoms. The first-order valence-corrected chi connectivity index (χ1v) is 9.00. The van der Waals surface area contributed by atoms with Crippen LogP contribution in [0.1, 0.15) is 21.5 Å². The Hall–Kier alpha value is -3.40. The van der Waals surface area contributed by atoms with E-state index < -0.39 is 0 Å². The molecule has 0 spiro atoms. The van der Waals surface area contributed by atoms with E-state index in [2.05, 4.69) is 10.3 Å². The molecule has 4 heteroatoms. The van der Waals surface area contributed by atoms with Gasteiger partial charge in [-0.3, -0.25) is 9.59 Å². The zero-order chi connectivity index (χ0) is 18.8. The Kier molecular flexibility index (Phi) is 4.47. The highest BCUT2D eigenvalue weighted by Crippen LogP contribution is 2.16. The highest BCUT2D eigenvalue weighted by Gasteiger charge is 2.08. The molecule has 0 unspecified atom stereocenters. The highest BCUT2D eigenvalue weighted by atomic mass is 16.1. The highest BCUT2D eigenvalue weighted by molar-refractivity contribution is 5.98. The molecule has 0 saturated carbocycles. The van der Waals surface area contributed by atoms with E-state index in [1.807, 2.05) is 73.7 Å². The fourth-order valence-electron chi connectivity index (χ4n) is 3.29. The summed E-state index contributed by atoms with van der Waals surface area (Å²) in [5.74, 6) is -0.131. The number of aryl methyl sites for hydroxylation is 1. The van der Waals surface area contributed by atoms with Crippen LogP contribution in [-0.2, 0) is 6.42 Å². The van der Waals surface area contributed by atoms with Crippen molar-refractivity contribution in [2.75, 3.05) is 6.54 Å². The first-order chi connectivity index (χ1) is 13.1. The maximum atomic E-state index is 12.4. The summed E-state index contributed by atoms with van der Waals surface area (Å²) in [5, 5.41) is 6.04. The van der Waals surface area contributed by atoms with Gasteiger partial charge in [0.25, 0.3) is 11.5 Å². The molecule has 1 aromatic heterocycles. The predicted octanol–water partition coefficient (Wildman–Crippen LogP) is 3.96. The van der Waals surface area contributed by atoms with Gasteiger partial charge in [-0.25, -0.2) is 0 Å². The lowest BCUT2D eigenvalue weighted by molar-refractivity contribution is 0.0954. The Labute approximate surface area is 156 Å². The second-order valence-corrected chi connectivity index (χ2v) is 6.78.